The second-order valence-corrected chi connectivity index (χ2v) is 5.57. The Balaban J connectivity index is 1.93. The number of nitrogens with one attached hydrogen (secondary N) is 1. The molecule has 0 amide bonds. The number of hydrogen-bond acceptors (Lipinski definition) is 3. The minimum Gasteiger partial charge on any atom is -0.380 e. The first-order valence-electron chi connectivity index (χ1n) is 7.30. The fraction of sp³-hybridized carbons (Fsp3) is 0.600. The first kappa shape index (κ1) is 14.8. The van der Waals surface area contributed by atoms with Crippen molar-refractivity contribution in [3.63, 3.8) is 0 Å². The maximum Gasteiger partial charge on any atom is 0.272 e. The molecule has 4 nitrogen and oxygen atoms in total. The van der Waals surface area contributed by atoms with Crippen LogP contribution in [-0.2, 0) is 0 Å². The van der Waals surface area contributed by atoms with Gasteiger partial charge in [-0.1, -0.05) is 19.8 Å². The zero-order valence-corrected chi connectivity index (χ0v) is 11.8. The molecule has 0 aromatic heterocycles. The van der Waals surface area contributed by atoms with E-state index >= 15 is 0 Å². The van der Waals surface area contributed by atoms with E-state index in [1.54, 1.807) is 0 Å². The van der Waals surface area contributed by atoms with Crippen molar-refractivity contribution in [2.45, 2.75) is 51.5 Å². The van der Waals surface area contributed by atoms with Crippen LogP contribution in [0.15, 0.2) is 18.2 Å². The molecule has 1 aromatic rings. The number of halogens is 1. The summed E-state index contributed by atoms with van der Waals surface area (Å²) in [5.74, 6) is 0.259. The molecule has 0 bridgehead atoms. The third-order valence-corrected chi connectivity index (χ3v) is 4.07. The van der Waals surface area contributed by atoms with E-state index in [2.05, 4.69) is 12.2 Å². The van der Waals surface area contributed by atoms with E-state index in [0.717, 1.165) is 24.8 Å². The Hall–Kier alpha value is -1.65. The highest BCUT2D eigenvalue weighted by Crippen LogP contribution is 2.30. The largest absolute Gasteiger partial charge is 0.380 e. The van der Waals surface area contributed by atoms with Crippen LogP contribution in [0.2, 0.25) is 0 Å². The van der Waals surface area contributed by atoms with Crippen molar-refractivity contribution in [2.75, 3.05) is 5.32 Å². The van der Waals surface area contributed by atoms with Gasteiger partial charge in [0.2, 0.25) is 0 Å². The fourth-order valence-electron chi connectivity index (χ4n) is 2.96. The SMILES string of the molecule is CCCC1CCC(Nc2ccc([N+](=O)[O-])cc2F)CC1. The molecule has 20 heavy (non-hydrogen) atoms. The van der Waals surface area contributed by atoms with Crippen molar-refractivity contribution < 1.29 is 9.31 Å². The van der Waals surface area contributed by atoms with Gasteiger partial charge in [0.15, 0.2) is 5.82 Å². The Morgan fingerprint density at radius 3 is 2.60 bits per heavy atom. The second kappa shape index (κ2) is 6.68. The Morgan fingerprint density at radius 2 is 2.05 bits per heavy atom. The number of nitro benzene ring substituents is 1. The van der Waals surface area contributed by atoms with E-state index in [1.165, 1.54) is 37.8 Å². The summed E-state index contributed by atoms with van der Waals surface area (Å²) >= 11 is 0. The van der Waals surface area contributed by atoms with E-state index in [0.29, 0.717) is 5.69 Å². The van der Waals surface area contributed by atoms with Gasteiger partial charge in [-0.15, -0.1) is 0 Å². The summed E-state index contributed by atoms with van der Waals surface area (Å²) in [7, 11) is 0. The van der Waals surface area contributed by atoms with Crippen molar-refractivity contribution >= 4 is 11.4 Å². The summed E-state index contributed by atoms with van der Waals surface area (Å²) in [5.41, 5.74) is 0.161. The molecule has 0 heterocycles. The van der Waals surface area contributed by atoms with E-state index in [4.69, 9.17) is 0 Å². The van der Waals surface area contributed by atoms with Gasteiger partial charge >= 0.3 is 0 Å². The van der Waals surface area contributed by atoms with Crippen LogP contribution in [0, 0.1) is 21.8 Å². The average molecular weight is 280 g/mol. The standard InChI is InChI=1S/C15H21FN2O2/c1-2-3-11-4-6-12(7-5-11)17-15-9-8-13(18(19)20)10-14(15)16/h8-12,17H,2-7H2,1H3. The quantitative estimate of drug-likeness (QED) is 0.638. The lowest BCUT2D eigenvalue weighted by Gasteiger charge is -2.29. The summed E-state index contributed by atoms with van der Waals surface area (Å²) in [6.07, 6.45) is 6.95. The van der Waals surface area contributed by atoms with E-state index < -0.39 is 10.7 Å². The Morgan fingerprint density at radius 1 is 1.35 bits per heavy atom. The summed E-state index contributed by atoms with van der Waals surface area (Å²) in [5, 5.41) is 13.8. The number of nitrogens with zero attached hydrogens (tertiary/aromatic N) is 1. The van der Waals surface area contributed by atoms with Gasteiger partial charge in [-0.2, -0.15) is 0 Å². The van der Waals surface area contributed by atoms with Gasteiger partial charge < -0.3 is 5.32 Å². The Labute approximate surface area is 118 Å². The monoisotopic (exact) mass is 280 g/mol. The van der Waals surface area contributed by atoms with Gasteiger partial charge in [0.25, 0.3) is 5.69 Å². The third kappa shape index (κ3) is 3.68. The van der Waals surface area contributed by atoms with E-state index in [-0.39, 0.29) is 11.7 Å². The predicted octanol–water partition coefficient (Wildman–Crippen LogP) is 4.50. The number of hydrogen-bond donors (Lipinski definition) is 1. The normalized spacial score (nSPS) is 22.5. The minimum absolute atomic E-state index is 0.209. The van der Waals surface area contributed by atoms with Crippen LogP contribution in [0.25, 0.3) is 0 Å². The molecule has 1 aliphatic carbocycles. The summed E-state index contributed by atoms with van der Waals surface area (Å²) in [6, 6.07) is 4.06. The van der Waals surface area contributed by atoms with Gasteiger partial charge in [0.05, 0.1) is 16.7 Å². The van der Waals surface area contributed by atoms with Gasteiger partial charge in [0, 0.05) is 12.1 Å². The van der Waals surface area contributed by atoms with Gasteiger partial charge in [-0.3, -0.25) is 10.1 Å². The molecule has 0 spiro atoms. The highest BCUT2D eigenvalue weighted by molar-refractivity contribution is 5.50. The first-order valence-corrected chi connectivity index (χ1v) is 7.30. The van der Waals surface area contributed by atoms with Gasteiger partial charge in [-0.25, -0.2) is 4.39 Å². The lowest BCUT2D eigenvalue weighted by Crippen LogP contribution is -2.26. The minimum atomic E-state index is -0.581. The molecule has 0 atom stereocenters. The van der Waals surface area contributed by atoms with E-state index in [1.807, 2.05) is 0 Å². The van der Waals surface area contributed by atoms with Crippen LogP contribution < -0.4 is 5.32 Å². The van der Waals surface area contributed by atoms with Crippen molar-refractivity contribution in [3.05, 3.63) is 34.1 Å². The van der Waals surface area contributed by atoms with Crippen LogP contribution >= 0.6 is 0 Å². The lowest BCUT2D eigenvalue weighted by molar-refractivity contribution is -0.385. The molecule has 5 heteroatoms. The highest BCUT2D eigenvalue weighted by Gasteiger charge is 2.21. The molecule has 0 radical (unpaired) electrons. The summed E-state index contributed by atoms with van der Waals surface area (Å²) in [4.78, 5) is 9.99. The molecule has 0 saturated heterocycles. The molecule has 0 unspecified atom stereocenters. The van der Waals surface area contributed by atoms with Crippen LogP contribution in [0.3, 0.4) is 0 Å². The molecular formula is C15H21FN2O2. The van der Waals surface area contributed by atoms with Crippen LogP contribution in [0.5, 0.6) is 0 Å². The maximum atomic E-state index is 13.8. The zero-order chi connectivity index (χ0) is 14.5. The molecule has 110 valence electrons. The average Bonchev–Trinajstić information content (AvgIpc) is 2.43. The summed E-state index contributed by atoms with van der Waals surface area (Å²) < 4.78 is 13.8. The Kier molecular flexibility index (Phi) is 4.93. The number of non-ortho nitro benzene ring substituents is 1. The molecule has 1 N–H and O–H groups in total. The summed E-state index contributed by atoms with van der Waals surface area (Å²) in [6.45, 7) is 2.20. The third-order valence-electron chi connectivity index (χ3n) is 4.07. The maximum absolute atomic E-state index is 13.8. The molecule has 1 fully saturated rings. The van der Waals surface area contributed by atoms with Crippen molar-refractivity contribution in [3.8, 4) is 0 Å². The van der Waals surface area contributed by atoms with E-state index in [9.17, 15) is 14.5 Å². The molecular weight excluding hydrogens is 259 g/mol. The number of nitro groups is 1. The van der Waals surface area contributed by atoms with Gasteiger partial charge in [-0.05, 0) is 37.7 Å². The first-order chi connectivity index (χ1) is 9.60. The Bertz CT molecular complexity index is 471. The smallest absolute Gasteiger partial charge is 0.272 e. The van der Waals surface area contributed by atoms with Gasteiger partial charge in [0.1, 0.15) is 0 Å². The van der Waals surface area contributed by atoms with Crippen LogP contribution in [0.1, 0.15) is 45.4 Å². The number of benzene rings is 1. The number of rotatable bonds is 5. The van der Waals surface area contributed by atoms with Crippen molar-refractivity contribution in [1.82, 2.24) is 0 Å². The zero-order valence-electron chi connectivity index (χ0n) is 11.8. The number of anilines is 1. The highest BCUT2D eigenvalue weighted by atomic mass is 19.1. The van der Waals surface area contributed by atoms with Crippen LogP contribution in [-0.4, -0.2) is 11.0 Å². The topological polar surface area (TPSA) is 55.2 Å². The predicted molar refractivity (Wildman–Crippen MR) is 77.3 cm³/mol. The molecule has 2 rings (SSSR count). The van der Waals surface area contributed by atoms with Crippen LogP contribution in [0.4, 0.5) is 15.8 Å². The molecule has 1 aromatic carbocycles. The molecule has 1 saturated carbocycles. The molecule has 1 aliphatic rings. The molecule has 0 aliphatic heterocycles. The second-order valence-electron chi connectivity index (χ2n) is 5.57. The lowest BCUT2D eigenvalue weighted by atomic mass is 9.83. The van der Waals surface area contributed by atoms with Crippen molar-refractivity contribution in [2.24, 2.45) is 5.92 Å². The van der Waals surface area contributed by atoms with Crippen molar-refractivity contribution in [1.29, 1.82) is 0 Å². The fourth-order valence-corrected chi connectivity index (χ4v) is 2.96.